The molecule has 0 bridgehead atoms. The van der Waals surface area contributed by atoms with Crippen LogP contribution in [-0.4, -0.2) is 30.8 Å². The van der Waals surface area contributed by atoms with E-state index in [4.69, 9.17) is 21.7 Å². The first-order valence-corrected chi connectivity index (χ1v) is 8.59. The third-order valence-electron chi connectivity index (χ3n) is 3.83. The molecule has 1 aromatic carbocycles. The second-order valence-corrected chi connectivity index (χ2v) is 5.88. The van der Waals surface area contributed by atoms with E-state index in [0.29, 0.717) is 28.2 Å². The minimum absolute atomic E-state index is 0.261. The molecule has 0 radical (unpaired) electrons. The van der Waals surface area contributed by atoms with E-state index in [1.807, 2.05) is 6.92 Å². The van der Waals surface area contributed by atoms with E-state index in [2.05, 4.69) is 10.6 Å². The van der Waals surface area contributed by atoms with E-state index in [-0.39, 0.29) is 6.61 Å². The number of thiocarbonyl (C=S) groups is 1. The molecule has 0 saturated heterocycles. The van der Waals surface area contributed by atoms with Crippen LogP contribution in [0.25, 0.3) is 0 Å². The lowest BCUT2D eigenvalue weighted by atomic mass is 9.91. The number of rotatable bonds is 6. The number of nitrogens with one attached hydrogen (secondary N) is 2. The van der Waals surface area contributed by atoms with Crippen molar-refractivity contribution < 1.29 is 19.1 Å². The molecular weight excluding hydrogens is 340 g/mol. The number of methoxy groups -OCH3 is 1. The molecular formula is C18H22N2O4S. The predicted octanol–water partition coefficient (Wildman–Crippen LogP) is 2.61. The minimum Gasteiger partial charge on any atom is -0.465 e. The maximum Gasteiger partial charge on any atom is 0.338 e. The van der Waals surface area contributed by atoms with Gasteiger partial charge in [-0.05, 0) is 37.2 Å². The number of hydrogen-bond donors (Lipinski definition) is 2. The van der Waals surface area contributed by atoms with Crippen molar-refractivity contribution in [1.82, 2.24) is 10.6 Å². The smallest absolute Gasteiger partial charge is 0.338 e. The summed E-state index contributed by atoms with van der Waals surface area (Å²) in [5, 5.41) is 6.54. The van der Waals surface area contributed by atoms with Gasteiger partial charge in [-0.2, -0.15) is 0 Å². The number of carbonyl (C=O) groups is 2. The van der Waals surface area contributed by atoms with E-state index in [0.717, 1.165) is 12.1 Å². The van der Waals surface area contributed by atoms with Gasteiger partial charge in [0.25, 0.3) is 0 Å². The highest BCUT2D eigenvalue weighted by Crippen LogP contribution is 2.31. The molecule has 0 aliphatic carbocycles. The Morgan fingerprint density at radius 1 is 1.20 bits per heavy atom. The Hall–Kier alpha value is -2.41. The summed E-state index contributed by atoms with van der Waals surface area (Å²) >= 11 is 5.29. The van der Waals surface area contributed by atoms with Crippen molar-refractivity contribution in [2.24, 2.45) is 0 Å². The van der Waals surface area contributed by atoms with Crippen molar-refractivity contribution in [2.45, 2.75) is 32.7 Å². The van der Waals surface area contributed by atoms with E-state index in [1.54, 1.807) is 31.2 Å². The fourth-order valence-electron chi connectivity index (χ4n) is 2.79. The zero-order valence-corrected chi connectivity index (χ0v) is 15.4. The summed E-state index contributed by atoms with van der Waals surface area (Å²) in [4.78, 5) is 24.7. The van der Waals surface area contributed by atoms with Gasteiger partial charge in [0.2, 0.25) is 0 Å². The summed E-state index contributed by atoms with van der Waals surface area (Å²) in [6.07, 6.45) is 1.48. The maximum absolute atomic E-state index is 12.6. The second-order valence-electron chi connectivity index (χ2n) is 5.47. The van der Waals surface area contributed by atoms with Gasteiger partial charge in [-0.1, -0.05) is 31.5 Å². The number of hydrogen-bond acceptors (Lipinski definition) is 5. The van der Waals surface area contributed by atoms with Gasteiger partial charge in [0, 0.05) is 5.70 Å². The maximum atomic E-state index is 12.6. The SMILES string of the molecule is CCCC1=C(C(=O)OCC)C(c2ccccc2C(=O)OC)NC(=S)N1. The molecule has 1 aromatic rings. The molecule has 6 nitrogen and oxygen atoms in total. The standard InChI is InChI=1S/C18H22N2O4S/c1-4-8-13-14(17(22)24-5-2)15(20-18(25)19-13)11-9-6-7-10-12(11)16(21)23-3/h6-7,9-10,15H,4-5,8H2,1-3H3,(H2,19,20,25). The third kappa shape index (κ3) is 4.17. The largest absolute Gasteiger partial charge is 0.465 e. The monoisotopic (exact) mass is 362 g/mol. The van der Waals surface area contributed by atoms with Crippen LogP contribution in [0.15, 0.2) is 35.5 Å². The van der Waals surface area contributed by atoms with Crippen molar-refractivity contribution in [3.8, 4) is 0 Å². The molecule has 0 saturated carbocycles. The normalized spacial score (nSPS) is 16.8. The fourth-order valence-corrected chi connectivity index (χ4v) is 3.03. The van der Waals surface area contributed by atoms with Crippen LogP contribution in [-0.2, 0) is 14.3 Å². The zero-order valence-electron chi connectivity index (χ0n) is 14.5. The van der Waals surface area contributed by atoms with Crippen LogP contribution < -0.4 is 10.6 Å². The number of allylic oxidation sites excluding steroid dienone is 1. The Morgan fingerprint density at radius 2 is 1.92 bits per heavy atom. The van der Waals surface area contributed by atoms with Gasteiger partial charge in [-0.15, -0.1) is 0 Å². The van der Waals surface area contributed by atoms with Gasteiger partial charge in [0.15, 0.2) is 5.11 Å². The highest BCUT2D eigenvalue weighted by atomic mass is 32.1. The van der Waals surface area contributed by atoms with Crippen LogP contribution in [0.3, 0.4) is 0 Å². The summed E-state index contributed by atoms with van der Waals surface area (Å²) in [5.74, 6) is -0.903. The van der Waals surface area contributed by atoms with E-state index >= 15 is 0 Å². The zero-order chi connectivity index (χ0) is 18.4. The molecule has 1 aliphatic heterocycles. The Morgan fingerprint density at radius 3 is 2.56 bits per heavy atom. The molecule has 0 fully saturated rings. The lowest BCUT2D eigenvalue weighted by Crippen LogP contribution is -2.46. The van der Waals surface area contributed by atoms with Crippen molar-refractivity contribution in [3.63, 3.8) is 0 Å². The lowest BCUT2D eigenvalue weighted by Gasteiger charge is -2.31. The Kier molecular flexibility index (Phi) is 6.52. The van der Waals surface area contributed by atoms with Gasteiger partial charge < -0.3 is 20.1 Å². The first-order chi connectivity index (χ1) is 12.0. The molecule has 1 atom stereocenters. The molecule has 1 heterocycles. The minimum atomic E-state index is -0.579. The van der Waals surface area contributed by atoms with Crippen LogP contribution in [0.1, 0.15) is 48.7 Å². The van der Waals surface area contributed by atoms with Gasteiger partial charge in [-0.25, -0.2) is 9.59 Å². The summed E-state index contributed by atoms with van der Waals surface area (Å²) < 4.78 is 10.1. The Balaban J connectivity index is 2.60. The van der Waals surface area contributed by atoms with Crippen LogP contribution in [0, 0.1) is 0 Å². The average Bonchev–Trinajstić information content (AvgIpc) is 2.61. The number of esters is 2. The highest BCUT2D eigenvalue weighted by molar-refractivity contribution is 7.80. The molecule has 2 N–H and O–H groups in total. The molecule has 7 heteroatoms. The van der Waals surface area contributed by atoms with E-state index in [9.17, 15) is 9.59 Å². The molecule has 0 spiro atoms. The molecule has 2 rings (SSSR count). The molecule has 25 heavy (non-hydrogen) atoms. The number of benzene rings is 1. The summed E-state index contributed by atoms with van der Waals surface area (Å²) in [6, 6.07) is 6.41. The summed E-state index contributed by atoms with van der Waals surface area (Å²) in [5.41, 5.74) is 2.16. The van der Waals surface area contributed by atoms with Gasteiger partial charge in [-0.3, -0.25) is 0 Å². The van der Waals surface area contributed by atoms with Crippen LogP contribution in [0.4, 0.5) is 0 Å². The van der Waals surface area contributed by atoms with Crippen molar-refractivity contribution in [1.29, 1.82) is 0 Å². The van der Waals surface area contributed by atoms with E-state index < -0.39 is 18.0 Å². The fraction of sp³-hybridized carbons (Fsp3) is 0.389. The quantitative estimate of drug-likeness (QED) is 0.595. The molecule has 1 unspecified atom stereocenters. The van der Waals surface area contributed by atoms with Gasteiger partial charge in [0.1, 0.15) is 0 Å². The third-order valence-corrected chi connectivity index (χ3v) is 4.05. The number of ether oxygens (including phenoxy) is 2. The van der Waals surface area contributed by atoms with Crippen molar-refractivity contribution in [3.05, 3.63) is 46.7 Å². The van der Waals surface area contributed by atoms with Crippen LogP contribution in [0.5, 0.6) is 0 Å². The van der Waals surface area contributed by atoms with Crippen molar-refractivity contribution in [2.75, 3.05) is 13.7 Å². The van der Waals surface area contributed by atoms with E-state index in [1.165, 1.54) is 7.11 Å². The highest BCUT2D eigenvalue weighted by Gasteiger charge is 2.34. The van der Waals surface area contributed by atoms with Gasteiger partial charge in [0.05, 0.1) is 30.9 Å². The molecule has 1 aliphatic rings. The van der Waals surface area contributed by atoms with Crippen LogP contribution in [0.2, 0.25) is 0 Å². The number of carbonyl (C=O) groups excluding carboxylic acids is 2. The topological polar surface area (TPSA) is 76.7 Å². The summed E-state index contributed by atoms with van der Waals surface area (Å²) in [7, 11) is 1.32. The molecule has 0 aromatic heterocycles. The van der Waals surface area contributed by atoms with Crippen molar-refractivity contribution >= 4 is 29.3 Å². The van der Waals surface area contributed by atoms with Crippen LogP contribution >= 0.6 is 12.2 Å². The molecule has 0 amide bonds. The predicted molar refractivity (Wildman–Crippen MR) is 98.0 cm³/mol. The molecule has 134 valence electrons. The first kappa shape index (κ1) is 18.9. The second kappa shape index (κ2) is 8.62. The average molecular weight is 362 g/mol. The summed E-state index contributed by atoms with van der Waals surface area (Å²) in [6.45, 7) is 4.03. The Labute approximate surface area is 152 Å². The lowest BCUT2D eigenvalue weighted by molar-refractivity contribution is -0.139. The first-order valence-electron chi connectivity index (χ1n) is 8.18. The Bertz CT molecular complexity index is 715. The van der Waals surface area contributed by atoms with Gasteiger partial charge >= 0.3 is 11.9 Å².